The summed E-state index contributed by atoms with van der Waals surface area (Å²) in [5.41, 5.74) is 1.17. The highest BCUT2D eigenvalue weighted by atomic mass is 35.5. The van der Waals surface area contributed by atoms with Crippen LogP contribution in [0.15, 0.2) is 53.4 Å². The summed E-state index contributed by atoms with van der Waals surface area (Å²) in [6, 6.07) is 14.8. The van der Waals surface area contributed by atoms with Gasteiger partial charge in [-0.3, -0.25) is 0 Å². The van der Waals surface area contributed by atoms with Gasteiger partial charge in [-0.05, 0) is 41.5 Å². The minimum atomic E-state index is -3.72. The van der Waals surface area contributed by atoms with Crippen molar-refractivity contribution in [3.63, 3.8) is 0 Å². The molecule has 0 N–H and O–H groups in total. The zero-order valence-corrected chi connectivity index (χ0v) is 13.7. The van der Waals surface area contributed by atoms with Crippen LogP contribution < -0.4 is 0 Å². The maximum atomic E-state index is 12.3. The van der Waals surface area contributed by atoms with E-state index in [1.165, 1.54) is 6.08 Å². The normalized spacial score (nSPS) is 12.0. The van der Waals surface area contributed by atoms with Gasteiger partial charge in [0.05, 0.1) is 5.75 Å². The minimum absolute atomic E-state index is 0.253. The molecule has 0 spiro atoms. The van der Waals surface area contributed by atoms with E-state index in [1.54, 1.807) is 54.6 Å². The average Bonchev–Trinajstić information content (AvgIpc) is 2.48. The van der Waals surface area contributed by atoms with Crippen LogP contribution in [0, 0.1) is 11.3 Å². The summed E-state index contributed by atoms with van der Waals surface area (Å²) in [6.45, 7) is 0. The molecule has 0 saturated heterocycles. The van der Waals surface area contributed by atoms with Gasteiger partial charge in [-0.1, -0.05) is 47.5 Å². The van der Waals surface area contributed by atoms with Crippen LogP contribution in [0.2, 0.25) is 10.0 Å². The molecule has 0 aliphatic carbocycles. The van der Waals surface area contributed by atoms with Gasteiger partial charge in [-0.25, -0.2) is 8.42 Å². The SMILES string of the molecule is N#C/C(=C/c1ccc(Cl)cc1)S(=O)(=O)Cc1ccc(Cl)cc1. The molecule has 0 amide bonds. The van der Waals surface area contributed by atoms with E-state index in [-0.39, 0.29) is 10.7 Å². The Balaban J connectivity index is 2.31. The molecule has 0 heterocycles. The molecule has 22 heavy (non-hydrogen) atoms. The molecule has 0 unspecified atom stereocenters. The summed E-state index contributed by atoms with van der Waals surface area (Å²) in [7, 11) is -3.72. The zero-order valence-electron chi connectivity index (χ0n) is 11.3. The molecule has 0 aliphatic rings. The highest BCUT2D eigenvalue weighted by molar-refractivity contribution is 7.95. The maximum Gasteiger partial charge on any atom is 0.192 e. The van der Waals surface area contributed by atoms with Gasteiger partial charge in [-0.15, -0.1) is 0 Å². The fourth-order valence-corrected chi connectivity index (χ4v) is 3.27. The number of nitriles is 1. The average molecular weight is 352 g/mol. The van der Waals surface area contributed by atoms with Gasteiger partial charge in [0.2, 0.25) is 0 Å². The molecule has 0 atom stereocenters. The summed E-state index contributed by atoms with van der Waals surface area (Å²) in [5.74, 6) is -0.253. The van der Waals surface area contributed by atoms with Crippen molar-refractivity contribution in [3.8, 4) is 6.07 Å². The van der Waals surface area contributed by atoms with Crippen LogP contribution in [-0.2, 0) is 15.6 Å². The third-order valence-corrected chi connectivity index (χ3v) is 4.98. The standard InChI is InChI=1S/C16H11Cl2NO2S/c17-14-5-1-12(2-6-14)9-16(10-19)22(20,21)11-13-3-7-15(18)8-4-13/h1-9H,11H2/b16-9-. The van der Waals surface area contributed by atoms with Gasteiger partial charge in [0.25, 0.3) is 0 Å². The number of hydrogen-bond donors (Lipinski definition) is 0. The van der Waals surface area contributed by atoms with Gasteiger partial charge in [0.15, 0.2) is 9.84 Å². The number of sulfone groups is 1. The van der Waals surface area contributed by atoms with Gasteiger partial charge in [0.1, 0.15) is 11.0 Å². The molecule has 0 aromatic heterocycles. The first-order chi connectivity index (χ1) is 10.4. The van der Waals surface area contributed by atoms with Crippen LogP contribution in [0.1, 0.15) is 11.1 Å². The van der Waals surface area contributed by atoms with Gasteiger partial charge < -0.3 is 0 Å². The molecule has 2 aromatic carbocycles. The van der Waals surface area contributed by atoms with Gasteiger partial charge in [-0.2, -0.15) is 5.26 Å². The van der Waals surface area contributed by atoms with Crippen molar-refractivity contribution >= 4 is 39.1 Å². The van der Waals surface area contributed by atoms with Gasteiger partial charge >= 0.3 is 0 Å². The van der Waals surface area contributed by atoms with Crippen molar-refractivity contribution in [1.82, 2.24) is 0 Å². The monoisotopic (exact) mass is 351 g/mol. The fourth-order valence-electron chi connectivity index (χ4n) is 1.78. The van der Waals surface area contributed by atoms with Crippen LogP contribution in [0.25, 0.3) is 6.08 Å². The quantitative estimate of drug-likeness (QED) is 0.763. The van der Waals surface area contributed by atoms with Crippen LogP contribution in [-0.4, -0.2) is 8.42 Å². The Morgan fingerprint density at radius 2 is 1.50 bits per heavy atom. The summed E-state index contributed by atoms with van der Waals surface area (Å²) < 4.78 is 24.7. The van der Waals surface area contributed by atoms with Crippen molar-refractivity contribution in [3.05, 3.63) is 74.6 Å². The number of nitrogens with zero attached hydrogens (tertiary/aromatic N) is 1. The highest BCUT2D eigenvalue weighted by Gasteiger charge is 2.18. The molecule has 0 fully saturated rings. The van der Waals surface area contributed by atoms with E-state index in [9.17, 15) is 8.42 Å². The lowest BCUT2D eigenvalue weighted by Crippen LogP contribution is -2.06. The van der Waals surface area contributed by atoms with Crippen molar-refractivity contribution < 1.29 is 8.42 Å². The summed E-state index contributed by atoms with van der Waals surface area (Å²) in [6.07, 6.45) is 1.33. The third-order valence-electron chi connectivity index (χ3n) is 2.88. The van der Waals surface area contributed by atoms with Crippen LogP contribution >= 0.6 is 23.2 Å². The van der Waals surface area contributed by atoms with E-state index in [0.717, 1.165) is 0 Å². The van der Waals surface area contributed by atoms with Crippen molar-refractivity contribution in [2.45, 2.75) is 5.75 Å². The van der Waals surface area contributed by atoms with Crippen molar-refractivity contribution in [2.24, 2.45) is 0 Å². The van der Waals surface area contributed by atoms with E-state index in [1.807, 2.05) is 0 Å². The van der Waals surface area contributed by atoms with Crippen LogP contribution in [0.4, 0.5) is 0 Å². The summed E-state index contributed by atoms with van der Waals surface area (Å²) >= 11 is 11.5. The first-order valence-corrected chi connectivity index (χ1v) is 8.66. The summed E-state index contributed by atoms with van der Waals surface area (Å²) in [5, 5.41) is 10.2. The Hall–Kier alpha value is -1.80. The lowest BCUT2D eigenvalue weighted by Gasteiger charge is -2.04. The lowest BCUT2D eigenvalue weighted by atomic mass is 10.2. The van der Waals surface area contributed by atoms with E-state index in [4.69, 9.17) is 28.5 Å². The predicted molar refractivity (Wildman–Crippen MR) is 89.1 cm³/mol. The number of allylic oxidation sites excluding steroid dienone is 1. The smallest absolute Gasteiger partial charge is 0.192 e. The fraction of sp³-hybridized carbons (Fsp3) is 0.0625. The second kappa shape index (κ2) is 6.97. The molecule has 2 rings (SSSR count). The highest BCUT2D eigenvalue weighted by Crippen LogP contribution is 2.19. The molecule has 112 valence electrons. The third kappa shape index (κ3) is 4.35. The molecular weight excluding hydrogens is 341 g/mol. The number of rotatable bonds is 4. The Morgan fingerprint density at radius 3 is 2.00 bits per heavy atom. The molecule has 0 bridgehead atoms. The largest absolute Gasteiger partial charge is 0.223 e. The minimum Gasteiger partial charge on any atom is -0.223 e. The van der Waals surface area contributed by atoms with Crippen LogP contribution in [0.5, 0.6) is 0 Å². The molecule has 0 radical (unpaired) electrons. The zero-order chi connectivity index (χ0) is 16.2. The molecule has 0 saturated carbocycles. The van der Waals surface area contributed by atoms with Gasteiger partial charge in [0, 0.05) is 10.0 Å². The first kappa shape index (κ1) is 16.6. The maximum absolute atomic E-state index is 12.3. The molecular formula is C16H11Cl2NO2S. The number of benzene rings is 2. The Morgan fingerprint density at radius 1 is 1.00 bits per heavy atom. The van der Waals surface area contributed by atoms with E-state index in [0.29, 0.717) is 21.2 Å². The Kier molecular flexibility index (Phi) is 5.25. The number of halogens is 2. The first-order valence-electron chi connectivity index (χ1n) is 6.25. The second-order valence-corrected chi connectivity index (χ2v) is 7.39. The predicted octanol–water partition coefficient (Wildman–Crippen LogP) is 4.47. The molecule has 0 aliphatic heterocycles. The number of hydrogen-bond acceptors (Lipinski definition) is 3. The second-order valence-electron chi connectivity index (χ2n) is 4.56. The lowest BCUT2D eigenvalue weighted by molar-refractivity contribution is 0.602. The van der Waals surface area contributed by atoms with Crippen LogP contribution in [0.3, 0.4) is 0 Å². The molecule has 2 aromatic rings. The molecule has 6 heteroatoms. The summed E-state index contributed by atoms with van der Waals surface area (Å²) in [4.78, 5) is -0.287. The molecule has 3 nitrogen and oxygen atoms in total. The Bertz CT molecular complexity index is 833. The van der Waals surface area contributed by atoms with Crippen molar-refractivity contribution in [1.29, 1.82) is 5.26 Å². The van der Waals surface area contributed by atoms with E-state index >= 15 is 0 Å². The Labute approximate surface area is 139 Å². The van der Waals surface area contributed by atoms with Crippen molar-refractivity contribution in [2.75, 3.05) is 0 Å². The topological polar surface area (TPSA) is 57.9 Å². The van der Waals surface area contributed by atoms with E-state index in [2.05, 4.69) is 0 Å². The van der Waals surface area contributed by atoms with E-state index < -0.39 is 9.84 Å².